The molecule has 1 aromatic carbocycles. The van der Waals surface area contributed by atoms with Crippen LogP contribution in [0, 0.1) is 0 Å². The molecule has 0 aromatic heterocycles. The summed E-state index contributed by atoms with van der Waals surface area (Å²) in [6.07, 6.45) is -7.58. The van der Waals surface area contributed by atoms with Gasteiger partial charge >= 0.3 is 12.4 Å². The zero-order valence-corrected chi connectivity index (χ0v) is 11.3. The third-order valence-corrected chi connectivity index (χ3v) is 3.47. The van der Waals surface area contributed by atoms with Crippen LogP contribution in [0.25, 0.3) is 0 Å². The Kier molecular flexibility index (Phi) is 4.24. The van der Waals surface area contributed by atoms with Crippen LogP contribution >= 0.6 is 0 Å². The van der Waals surface area contributed by atoms with E-state index < -0.39 is 29.4 Å². The predicted octanol–water partition coefficient (Wildman–Crippen LogP) is 4.58. The number of rotatable bonds is 4. The molecule has 1 aromatic rings. The summed E-state index contributed by atoms with van der Waals surface area (Å²) >= 11 is 0. The maximum Gasteiger partial charge on any atom is 0.416 e. The molecule has 1 fully saturated rings. The zero-order valence-electron chi connectivity index (χ0n) is 11.3. The first-order valence-electron chi connectivity index (χ1n) is 6.60. The van der Waals surface area contributed by atoms with Gasteiger partial charge in [0, 0.05) is 12.6 Å². The molecule has 0 amide bonds. The highest BCUT2D eigenvalue weighted by molar-refractivity contribution is 5.35. The Bertz CT molecular complexity index is 469. The monoisotopic (exact) mass is 311 g/mol. The van der Waals surface area contributed by atoms with Crippen molar-refractivity contribution in [2.75, 3.05) is 6.54 Å². The lowest BCUT2D eigenvalue weighted by Gasteiger charge is -2.18. The average Bonchev–Trinajstić information content (AvgIpc) is 3.17. The molecule has 1 saturated carbocycles. The molecular formula is C14H15F6N. The van der Waals surface area contributed by atoms with Crippen LogP contribution in [0.3, 0.4) is 0 Å². The molecule has 1 atom stereocenters. The Hall–Kier alpha value is -1.24. The van der Waals surface area contributed by atoms with Gasteiger partial charge in [0.1, 0.15) is 0 Å². The number of alkyl halides is 6. The van der Waals surface area contributed by atoms with Gasteiger partial charge in [-0.15, -0.1) is 0 Å². The Morgan fingerprint density at radius 2 is 1.48 bits per heavy atom. The lowest BCUT2D eigenvalue weighted by molar-refractivity contribution is -0.143. The van der Waals surface area contributed by atoms with E-state index in [4.69, 9.17) is 0 Å². The van der Waals surface area contributed by atoms with Crippen LogP contribution in [0.1, 0.15) is 42.4 Å². The molecule has 1 nitrogen and oxygen atoms in total. The fraction of sp³-hybridized carbons (Fsp3) is 0.571. The first-order chi connectivity index (χ1) is 9.57. The van der Waals surface area contributed by atoms with Crippen molar-refractivity contribution in [3.05, 3.63) is 34.9 Å². The average molecular weight is 311 g/mol. The third-order valence-electron chi connectivity index (χ3n) is 3.47. The minimum atomic E-state index is -4.79. The number of hydrogen-bond donors (Lipinski definition) is 1. The van der Waals surface area contributed by atoms with E-state index in [1.165, 1.54) is 0 Å². The van der Waals surface area contributed by atoms with Gasteiger partial charge in [-0.3, -0.25) is 0 Å². The van der Waals surface area contributed by atoms with E-state index in [0.717, 1.165) is 25.0 Å². The van der Waals surface area contributed by atoms with Crippen LogP contribution in [0.2, 0.25) is 0 Å². The third kappa shape index (κ3) is 4.36. The van der Waals surface area contributed by atoms with Crippen molar-refractivity contribution in [1.82, 2.24) is 5.32 Å². The summed E-state index contributed by atoms with van der Waals surface area (Å²) in [5, 5.41) is 3.11. The first-order valence-corrected chi connectivity index (χ1v) is 6.60. The van der Waals surface area contributed by atoms with Gasteiger partial charge in [0.2, 0.25) is 0 Å². The van der Waals surface area contributed by atoms with Gasteiger partial charge in [-0.2, -0.15) is 26.3 Å². The van der Waals surface area contributed by atoms with E-state index in [-0.39, 0.29) is 11.6 Å². The van der Waals surface area contributed by atoms with E-state index >= 15 is 0 Å². The Labute approximate surface area is 118 Å². The number of halogens is 6. The van der Waals surface area contributed by atoms with Crippen molar-refractivity contribution in [3.63, 3.8) is 0 Å². The van der Waals surface area contributed by atoms with Gasteiger partial charge in [0.25, 0.3) is 0 Å². The largest absolute Gasteiger partial charge is 0.416 e. The summed E-state index contributed by atoms with van der Waals surface area (Å²) in [7, 11) is 0. The van der Waals surface area contributed by atoms with Crippen molar-refractivity contribution in [2.24, 2.45) is 0 Å². The van der Waals surface area contributed by atoms with Crippen LogP contribution in [-0.4, -0.2) is 12.6 Å². The normalized spacial score (nSPS) is 17.9. The van der Waals surface area contributed by atoms with E-state index in [1.807, 2.05) is 0 Å². The Balaban J connectivity index is 2.29. The van der Waals surface area contributed by atoms with Crippen molar-refractivity contribution >= 4 is 0 Å². The van der Waals surface area contributed by atoms with Crippen molar-refractivity contribution in [1.29, 1.82) is 0 Å². The second-order valence-corrected chi connectivity index (χ2v) is 5.42. The maximum atomic E-state index is 12.7. The molecule has 0 aliphatic heterocycles. The van der Waals surface area contributed by atoms with Crippen LogP contribution in [-0.2, 0) is 12.4 Å². The highest BCUT2D eigenvalue weighted by atomic mass is 19.4. The number of benzene rings is 1. The minimum absolute atomic E-state index is 0.0466. The Morgan fingerprint density at radius 3 is 1.86 bits per heavy atom. The van der Waals surface area contributed by atoms with Crippen molar-refractivity contribution < 1.29 is 26.3 Å². The topological polar surface area (TPSA) is 12.0 Å². The van der Waals surface area contributed by atoms with Gasteiger partial charge in [0.05, 0.1) is 11.1 Å². The standard InChI is InChI=1S/C14H15F6N/c1-8(7-21-12-2-3-12)9-4-10(13(15,16)17)6-11(5-9)14(18,19)20/h4-6,8,12,21H,2-3,7H2,1H3. The molecule has 118 valence electrons. The molecule has 0 spiro atoms. The molecular weight excluding hydrogens is 296 g/mol. The molecule has 1 unspecified atom stereocenters. The van der Waals surface area contributed by atoms with Crippen LogP contribution in [0.15, 0.2) is 18.2 Å². The molecule has 7 heteroatoms. The second kappa shape index (κ2) is 5.51. The lowest BCUT2D eigenvalue weighted by Crippen LogP contribution is -2.22. The van der Waals surface area contributed by atoms with Crippen LogP contribution in [0.4, 0.5) is 26.3 Å². The van der Waals surface area contributed by atoms with Crippen molar-refractivity contribution in [2.45, 2.75) is 44.1 Å². The number of nitrogens with one attached hydrogen (secondary N) is 1. The maximum absolute atomic E-state index is 12.7. The molecule has 1 aliphatic rings. The van der Waals surface area contributed by atoms with Crippen molar-refractivity contribution in [3.8, 4) is 0 Å². The molecule has 1 aliphatic carbocycles. The van der Waals surface area contributed by atoms with Gasteiger partial charge in [-0.1, -0.05) is 6.92 Å². The molecule has 21 heavy (non-hydrogen) atoms. The summed E-state index contributed by atoms with van der Waals surface area (Å²) in [5.41, 5.74) is -2.47. The van der Waals surface area contributed by atoms with Crippen LogP contribution in [0.5, 0.6) is 0 Å². The summed E-state index contributed by atoms with van der Waals surface area (Å²) in [6, 6.07) is 2.10. The predicted molar refractivity (Wildman–Crippen MR) is 65.9 cm³/mol. The fourth-order valence-electron chi connectivity index (χ4n) is 2.01. The SMILES string of the molecule is CC(CNC1CC1)c1cc(C(F)(F)F)cc(C(F)(F)F)c1. The Morgan fingerprint density at radius 1 is 1.00 bits per heavy atom. The second-order valence-electron chi connectivity index (χ2n) is 5.42. The molecule has 2 rings (SSSR count). The van der Waals surface area contributed by atoms with Gasteiger partial charge < -0.3 is 5.32 Å². The molecule has 1 N–H and O–H groups in total. The van der Waals surface area contributed by atoms with Gasteiger partial charge in [-0.05, 0) is 42.5 Å². The summed E-state index contributed by atoms with van der Waals surface area (Å²) in [4.78, 5) is 0. The van der Waals surface area contributed by atoms with Crippen LogP contribution < -0.4 is 5.32 Å². The molecule has 0 heterocycles. The smallest absolute Gasteiger partial charge is 0.313 e. The van der Waals surface area contributed by atoms with E-state index in [1.54, 1.807) is 6.92 Å². The summed E-state index contributed by atoms with van der Waals surface area (Å²) in [6.45, 7) is 1.98. The van der Waals surface area contributed by atoms with Gasteiger partial charge in [-0.25, -0.2) is 0 Å². The summed E-state index contributed by atoms with van der Waals surface area (Å²) in [5.74, 6) is -0.422. The quantitative estimate of drug-likeness (QED) is 0.803. The fourth-order valence-corrected chi connectivity index (χ4v) is 2.01. The zero-order chi connectivity index (χ0) is 15.8. The molecule has 0 bridgehead atoms. The summed E-state index contributed by atoms with van der Waals surface area (Å²) < 4.78 is 76.4. The minimum Gasteiger partial charge on any atom is -0.313 e. The molecule has 0 radical (unpaired) electrons. The highest BCUT2D eigenvalue weighted by Crippen LogP contribution is 2.37. The van der Waals surface area contributed by atoms with Gasteiger partial charge in [0.15, 0.2) is 0 Å². The number of hydrogen-bond acceptors (Lipinski definition) is 1. The van der Waals surface area contributed by atoms with E-state index in [9.17, 15) is 26.3 Å². The molecule has 0 saturated heterocycles. The lowest BCUT2D eigenvalue weighted by atomic mass is 9.95. The first kappa shape index (κ1) is 16.1. The van der Waals surface area contributed by atoms with E-state index in [0.29, 0.717) is 12.6 Å². The highest BCUT2D eigenvalue weighted by Gasteiger charge is 2.37. The van der Waals surface area contributed by atoms with E-state index in [2.05, 4.69) is 5.32 Å².